The van der Waals surface area contributed by atoms with Gasteiger partial charge in [-0.25, -0.2) is 24.1 Å². The van der Waals surface area contributed by atoms with Crippen LogP contribution in [0.5, 0.6) is 0 Å². The molecule has 0 spiro atoms. The number of fused-ring (bicyclic) bond motifs is 1. The zero-order chi connectivity index (χ0) is 20.5. The number of carbonyl (C=O) groups excluding carboxylic acids is 1. The number of rotatable bonds is 6. The molecule has 148 valence electrons. The van der Waals surface area contributed by atoms with Gasteiger partial charge in [0.15, 0.2) is 17.8 Å². The van der Waals surface area contributed by atoms with Gasteiger partial charge in [0.25, 0.3) is 5.91 Å². The Kier molecular flexibility index (Phi) is 5.79. The number of nitrogens with zero attached hydrogens (tertiary/aromatic N) is 1. The number of hydrogen-bond acceptors (Lipinski definition) is 7. The van der Waals surface area contributed by atoms with E-state index in [0.717, 1.165) is 13.3 Å². The summed E-state index contributed by atoms with van der Waals surface area (Å²) in [5.74, 6) is -4.62. The second-order valence-electron chi connectivity index (χ2n) is 5.93. The fraction of sp³-hybridized carbons (Fsp3) is 0.176. The maximum atomic E-state index is 14.9. The van der Waals surface area contributed by atoms with E-state index < -0.39 is 29.9 Å². The molecule has 0 saturated heterocycles. The number of aromatic nitrogens is 1. The minimum absolute atomic E-state index is 0.0230. The summed E-state index contributed by atoms with van der Waals surface area (Å²) in [6.07, 6.45) is 0.998. The maximum absolute atomic E-state index is 14.9. The van der Waals surface area contributed by atoms with Gasteiger partial charge in [0.05, 0.1) is 23.5 Å². The topological polar surface area (TPSA) is 117 Å². The van der Waals surface area contributed by atoms with E-state index in [2.05, 4.69) is 10.3 Å². The number of aliphatic hydroxyl groups is 2. The van der Waals surface area contributed by atoms with Gasteiger partial charge in [-0.15, -0.1) is 0 Å². The lowest BCUT2D eigenvalue weighted by molar-refractivity contribution is -0.235. The van der Waals surface area contributed by atoms with E-state index in [9.17, 15) is 18.7 Å². The molecule has 28 heavy (non-hydrogen) atoms. The Labute approximate surface area is 170 Å². The minimum atomic E-state index is -2.06. The standard InChI is InChI=1S/C17H14F2IN3O5/c1-17(26,6-24)28-23-16(25)9-5-12-15(21-7-27-12)13(19)14(9)22-11-3-2-8(20)4-10(11)18/h2-5,7,22,24,26H,6H2,1H3,(H,23,25). The molecule has 4 N–H and O–H groups in total. The first-order chi connectivity index (χ1) is 13.2. The fourth-order valence-corrected chi connectivity index (χ4v) is 2.69. The van der Waals surface area contributed by atoms with Crippen LogP contribution in [-0.2, 0) is 4.84 Å². The third kappa shape index (κ3) is 4.22. The van der Waals surface area contributed by atoms with E-state index in [1.165, 1.54) is 18.2 Å². The lowest BCUT2D eigenvalue weighted by Gasteiger charge is -2.21. The van der Waals surface area contributed by atoms with Gasteiger partial charge in [-0.1, -0.05) is 0 Å². The molecule has 1 amide bonds. The number of hydrogen-bond donors (Lipinski definition) is 4. The van der Waals surface area contributed by atoms with Crippen molar-refractivity contribution in [3.63, 3.8) is 0 Å². The Hall–Kier alpha value is -2.35. The number of aliphatic hydroxyl groups excluding tert-OH is 1. The summed E-state index contributed by atoms with van der Waals surface area (Å²) >= 11 is 1.92. The molecular formula is C17H14F2IN3O5. The van der Waals surface area contributed by atoms with Gasteiger partial charge in [0, 0.05) is 3.57 Å². The van der Waals surface area contributed by atoms with E-state index in [4.69, 9.17) is 14.4 Å². The third-order valence-corrected chi connectivity index (χ3v) is 4.33. The van der Waals surface area contributed by atoms with Crippen LogP contribution in [0.1, 0.15) is 17.3 Å². The highest BCUT2D eigenvalue weighted by atomic mass is 127. The quantitative estimate of drug-likeness (QED) is 0.231. The molecule has 0 bridgehead atoms. The first-order valence-electron chi connectivity index (χ1n) is 7.81. The van der Waals surface area contributed by atoms with Crippen LogP contribution in [0.15, 0.2) is 35.1 Å². The first-order valence-corrected chi connectivity index (χ1v) is 8.89. The van der Waals surface area contributed by atoms with E-state index in [0.29, 0.717) is 3.57 Å². The highest BCUT2D eigenvalue weighted by Gasteiger charge is 2.26. The van der Waals surface area contributed by atoms with E-state index >= 15 is 0 Å². The number of anilines is 2. The molecule has 3 rings (SSSR count). The molecule has 2 aromatic carbocycles. The van der Waals surface area contributed by atoms with Crippen molar-refractivity contribution in [2.45, 2.75) is 12.7 Å². The van der Waals surface area contributed by atoms with Gasteiger partial charge in [-0.2, -0.15) is 0 Å². The second-order valence-corrected chi connectivity index (χ2v) is 7.17. The van der Waals surface area contributed by atoms with Gasteiger partial charge in [0.1, 0.15) is 11.3 Å². The molecule has 0 aliphatic rings. The molecule has 8 nitrogen and oxygen atoms in total. The molecular weight excluding hydrogens is 491 g/mol. The highest BCUT2D eigenvalue weighted by molar-refractivity contribution is 14.1. The number of nitrogens with one attached hydrogen (secondary N) is 2. The van der Waals surface area contributed by atoms with Crippen LogP contribution in [0.4, 0.5) is 20.2 Å². The summed E-state index contributed by atoms with van der Waals surface area (Å²) in [5.41, 5.74) is 0.993. The van der Waals surface area contributed by atoms with Crippen molar-refractivity contribution < 1.29 is 33.0 Å². The van der Waals surface area contributed by atoms with Crippen LogP contribution >= 0.6 is 22.6 Å². The van der Waals surface area contributed by atoms with Crippen molar-refractivity contribution in [2.24, 2.45) is 0 Å². The largest absolute Gasteiger partial charge is 0.443 e. The lowest BCUT2D eigenvalue weighted by Crippen LogP contribution is -2.41. The molecule has 3 aromatic rings. The summed E-state index contributed by atoms with van der Waals surface area (Å²) in [6, 6.07) is 5.40. The molecule has 0 aliphatic heterocycles. The summed E-state index contributed by atoms with van der Waals surface area (Å²) in [4.78, 5) is 20.9. The molecule has 0 fully saturated rings. The monoisotopic (exact) mass is 505 g/mol. The third-order valence-electron chi connectivity index (χ3n) is 3.66. The number of hydroxylamine groups is 1. The Bertz CT molecular complexity index is 1040. The number of oxazole rings is 1. The fourth-order valence-electron chi connectivity index (χ4n) is 2.23. The Morgan fingerprint density at radius 3 is 2.82 bits per heavy atom. The average Bonchev–Trinajstić information content (AvgIpc) is 3.12. The van der Waals surface area contributed by atoms with Crippen molar-refractivity contribution in [2.75, 3.05) is 11.9 Å². The Balaban J connectivity index is 2.03. The van der Waals surface area contributed by atoms with Crippen LogP contribution in [0, 0.1) is 15.2 Å². The van der Waals surface area contributed by atoms with Crippen LogP contribution in [-0.4, -0.2) is 33.5 Å². The number of amides is 1. The zero-order valence-corrected chi connectivity index (χ0v) is 16.5. The van der Waals surface area contributed by atoms with Crippen molar-refractivity contribution in [3.05, 3.63) is 51.4 Å². The average molecular weight is 505 g/mol. The predicted octanol–water partition coefficient (Wildman–Crippen LogP) is 2.82. The maximum Gasteiger partial charge on any atom is 0.277 e. The van der Waals surface area contributed by atoms with Crippen LogP contribution in [0.3, 0.4) is 0 Å². The SMILES string of the molecule is CC(O)(CO)ONC(=O)c1cc2ocnc2c(F)c1Nc1ccc(I)cc1F. The summed E-state index contributed by atoms with van der Waals surface area (Å²) in [7, 11) is 0. The minimum Gasteiger partial charge on any atom is -0.443 e. The van der Waals surface area contributed by atoms with E-state index in [-0.39, 0.29) is 28.0 Å². The summed E-state index contributed by atoms with van der Waals surface area (Å²) in [5, 5.41) is 21.1. The molecule has 1 aromatic heterocycles. The molecule has 0 radical (unpaired) electrons. The van der Waals surface area contributed by atoms with Gasteiger partial charge < -0.3 is 19.9 Å². The van der Waals surface area contributed by atoms with Gasteiger partial charge in [0.2, 0.25) is 5.79 Å². The lowest BCUT2D eigenvalue weighted by atomic mass is 10.1. The highest BCUT2D eigenvalue weighted by Crippen LogP contribution is 2.32. The molecule has 1 heterocycles. The molecule has 1 unspecified atom stereocenters. The van der Waals surface area contributed by atoms with Crippen molar-refractivity contribution in [1.29, 1.82) is 0 Å². The second kappa shape index (κ2) is 7.95. The zero-order valence-electron chi connectivity index (χ0n) is 14.3. The number of benzene rings is 2. The van der Waals surface area contributed by atoms with Gasteiger partial charge >= 0.3 is 0 Å². The predicted molar refractivity (Wildman–Crippen MR) is 103 cm³/mol. The van der Waals surface area contributed by atoms with E-state index in [1.54, 1.807) is 6.07 Å². The Morgan fingerprint density at radius 2 is 2.14 bits per heavy atom. The Morgan fingerprint density at radius 1 is 1.39 bits per heavy atom. The van der Waals surface area contributed by atoms with E-state index in [1.807, 2.05) is 28.1 Å². The first kappa shape index (κ1) is 20.4. The molecule has 11 heteroatoms. The van der Waals surface area contributed by atoms with Crippen LogP contribution in [0.2, 0.25) is 0 Å². The van der Waals surface area contributed by atoms with Crippen molar-refractivity contribution >= 4 is 51.0 Å². The number of carbonyl (C=O) groups is 1. The van der Waals surface area contributed by atoms with Gasteiger partial charge in [-0.05, 0) is 53.8 Å². The van der Waals surface area contributed by atoms with Crippen LogP contribution < -0.4 is 10.8 Å². The van der Waals surface area contributed by atoms with Crippen molar-refractivity contribution in [1.82, 2.24) is 10.5 Å². The summed E-state index contributed by atoms with van der Waals surface area (Å²) < 4.78 is 34.8. The van der Waals surface area contributed by atoms with Gasteiger partial charge in [-0.3, -0.25) is 4.79 Å². The van der Waals surface area contributed by atoms with Crippen LogP contribution in [0.25, 0.3) is 11.1 Å². The molecule has 0 saturated carbocycles. The smallest absolute Gasteiger partial charge is 0.277 e. The number of halogens is 3. The normalized spacial score (nSPS) is 13.4. The van der Waals surface area contributed by atoms with Crippen molar-refractivity contribution in [3.8, 4) is 0 Å². The molecule has 1 atom stereocenters. The molecule has 0 aliphatic carbocycles. The summed E-state index contributed by atoms with van der Waals surface area (Å²) in [6.45, 7) is 0.301.